The zero-order valence-corrected chi connectivity index (χ0v) is 15.3. The topological polar surface area (TPSA) is 41.1 Å². The molecule has 4 fully saturated rings. The standard InChI is InChI=1S/C22H30N2O/c1-14(22-11-15-7-16(12-22)9-17(8-15)13-22)23-21(25)24-20-6-5-18-3-2-4-19(18)10-20/h5-6,10,14-17H,2-4,7-9,11-13H2,1H3,(H2,23,24,25)/t14-,15?,16?,17?,22?/m1/s1. The van der Waals surface area contributed by atoms with Crippen LogP contribution in [0.5, 0.6) is 0 Å². The number of nitrogens with one attached hydrogen (secondary N) is 2. The van der Waals surface area contributed by atoms with Crippen LogP contribution in [0.4, 0.5) is 10.5 Å². The summed E-state index contributed by atoms with van der Waals surface area (Å²) in [6.07, 6.45) is 11.9. The number of fused-ring (bicyclic) bond motifs is 1. The molecule has 2 N–H and O–H groups in total. The van der Waals surface area contributed by atoms with Crippen molar-refractivity contribution >= 4 is 11.7 Å². The monoisotopic (exact) mass is 338 g/mol. The number of benzene rings is 1. The van der Waals surface area contributed by atoms with Crippen LogP contribution >= 0.6 is 0 Å². The Morgan fingerprint density at radius 1 is 1.04 bits per heavy atom. The van der Waals surface area contributed by atoms with Crippen LogP contribution < -0.4 is 10.6 Å². The van der Waals surface area contributed by atoms with Gasteiger partial charge in [0.15, 0.2) is 0 Å². The van der Waals surface area contributed by atoms with Gasteiger partial charge in [-0.05, 0) is 111 Å². The molecule has 0 radical (unpaired) electrons. The highest BCUT2D eigenvalue weighted by Gasteiger charge is 2.53. The van der Waals surface area contributed by atoms with Crippen molar-refractivity contribution in [2.75, 3.05) is 5.32 Å². The molecule has 0 saturated heterocycles. The molecule has 1 aromatic carbocycles. The Hall–Kier alpha value is -1.51. The Balaban J connectivity index is 1.25. The summed E-state index contributed by atoms with van der Waals surface area (Å²) in [6.45, 7) is 2.25. The summed E-state index contributed by atoms with van der Waals surface area (Å²) in [4.78, 5) is 12.6. The minimum atomic E-state index is -0.0267. The minimum Gasteiger partial charge on any atom is -0.335 e. The van der Waals surface area contributed by atoms with Gasteiger partial charge in [-0.15, -0.1) is 0 Å². The van der Waals surface area contributed by atoms with Gasteiger partial charge in [-0.25, -0.2) is 4.79 Å². The van der Waals surface area contributed by atoms with Crippen LogP contribution in [0.15, 0.2) is 18.2 Å². The van der Waals surface area contributed by atoms with Crippen molar-refractivity contribution in [3.63, 3.8) is 0 Å². The molecule has 1 aromatic rings. The maximum atomic E-state index is 12.6. The second-order valence-corrected chi connectivity index (χ2v) is 9.44. The van der Waals surface area contributed by atoms with Crippen molar-refractivity contribution < 1.29 is 4.79 Å². The van der Waals surface area contributed by atoms with E-state index in [9.17, 15) is 4.79 Å². The number of rotatable bonds is 3. The molecule has 3 nitrogen and oxygen atoms in total. The van der Waals surface area contributed by atoms with E-state index in [4.69, 9.17) is 0 Å². The van der Waals surface area contributed by atoms with Gasteiger partial charge in [0.25, 0.3) is 0 Å². The van der Waals surface area contributed by atoms with Crippen LogP contribution in [0.2, 0.25) is 0 Å². The Labute approximate surface area is 151 Å². The number of carbonyl (C=O) groups is 1. The average molecular weight is 338 g/mol. The SMILES string of the molecule is C[C@@H](NC(=O)Nc1ccc2c(c1)CCC2)C12CC3CC(CC(C3)C1)C2. The van der Waals surface area contributed by atoms with Crippen LogP contribution in [-0.4, -0.2) is 12.1 Å². The summed E-state index contributed by atoms with van der Waals surface area (Å²) < 4.78 is 0. The molecular weight excluding hydrogens is 308 g/mol. The van der Waals surface area contributed by atoms with Gasteiger partial charge in [0.2, 0.25) is 0 Å². The zero-order valence-electron chi connectivity index (χ0n) is 15.3. The summed E-state index contributed by atoms with van der Waals surface area (Å²) in [7, 11) is 0. The number of anilines is 1. The van der Waals surface area contributed by atoms with Crippen molar-refractivity contribution in [2.45, 2.75) is 70.8 Å². The maximum absolute atomic E-state index is 12.6. The van der Waals surface area contributed by atoms with Gasteiger partial charge in [-0.1, -0.05) is 6.07 Å². The molecular formula is C22H30N2O. The van der Waals surface area contributed by atoms with E-state index in [-0.39, 0.29) is 12.1 Å². The molecule has 0 heterocycles. The smallest absolute Gasteiger partial charge is 0.319 e. The average Bonchev–Trinajstić information content (AvgIpc) is 3.01. The first-order chi connectivity index (χ1) is 12.1. The number of urea groups is 1. The molecule has 0 aromatic heterocycles. The third-order valence-corrected chi connectivity index (χ3v) is 7.71. The van der Waals surface area contributed by atoms with Gasteiger partial charge < -0.3 is 10.6 Å². The summed E-state index contributed by atoms with van der Waals surface area (Å²) in [6, 6.07) is 6.65. The first-order valence-corrected chi connectivity index (χ1v) is 10.3. The Kier molecular flexibility index (Phi) is 3.62. The van der Waals surface area contributed by atoms with E-state index >= 15 is 0 Å². The normalized spacial score (nSPS) is 36.1. The van der Waals surface area contributed by atoms with Gasteiger partial charge in [0.05, 0.1) is 0 Å². The highest BCUT2D eigenvalue weighted by atomic mass is 16.2. The molecule has 6 rings (SSSR count). The lowest BCUT2D eigenvalue weighted by atomic mass is 9.48. The lowest BCUT2D eigenvalue weighted by molar-refractivity contribution is -0.0679. The summed E-state index contributed by atoms with van der Waals surface area (Å²) >= 11 is 0. The van der Waals surface area contributed by atoms with Crippen LogP contribution in [0, 0.1) is 23.2 Å². The molecule has 4 bridgehead atoms. The molecule has 0 unspecified atom stereocenters. The number of hydrogen-bond donors (Lipinski definition) is 2. The Bertz CT molecular complexity index is 660. The first-order valence-electron chi connectivity index (χ1n) is 10.3. The number of hydrogen-bond acceptors (Lipinski definition) is 1. The lowest BCUT2D eigenvalue weighted by Gasteiger charge is -2.59. The van der Waals surface area contributed by atoms with E-state index in [0.717, 1.165) is 29.9 Å². The second kappa shape index (κ2) is 5.75. The molecule has 5 aliphatic rings. The van der Waals surface area contributed by atoms with E-state index in [0.29, 0.717) is 5.41 Å². The molecule has 4 saturated carbocycles. The molecule has 134 valence electrons. The largest absolute Gasteiger partial charge is 0.335 e. The zero-order chi connectivity index (χ0) is 17.0. The van der Waals surface area contributed by atoms with Crippen LogP contribution in [0.3, 0.4) is 0 Å². The van der Waals surface area contributed by atoms with Gasteiger partial charge >= 0.3 is 6.03 Å². The molecule has 0 aliphatic heterocycles. The fourth-order valence-corrected chi connectivity index (χ4v) is 6.87. The van der Waals surface area contributed by atoms with Gasteiger partial charge in [0.1, 0.15) is 0 Å². The Morgan fingerprint density at radius 3 is 2.36 bits per heavy atom. The van der Waals surface area contributed by atoms with Crippen molar-refractivity contribution in [3.05, 3.63) is 29.3 Å². The van der Waals surface area contributed by atoms with E-state index in [2.05, 4.69) is 35.8 Å². The van der Waals surface area contributed by atoms with Crippen molar-refractivity contribution in [3.8, 4) is 0 Å². The molecule has 25 heavy (non-hydrogen) atoms. The number of aryl methyl sites for hydroxylation is 2. The predicted molar refractivity (Wildman–Crippen MR) is 101 cm³/mol. The Morgan fingerprint density at radius 2 is 1.68 bits per heavy atom. The molecule has 2 amide bonds. The van der Waals surface area contributed by atoms with E-state index in [1.54, 1.807) is 0 Å². The van der Waals surface area contributed by atoms with Crippen molar-refractivity contribution in [1.82, 2.24) is 5.32 Å². The lowest BCUT2D eigenvalue weighted by Crippen LogP contribution is -2.56. The van der Waals surface area contributed by atoms with E-state index in [1.807, 2.05) is 0 Å². The molecule has 1 atom stereocenters. The quantitative estimate of drug-likeness (QED) is 0.808. The van der Waals surface area contributed by atoms with Crippen molar-refractivity contribution in [2.24, 2.45) is 23.2 Å². The van der Waals surface area contributed by atoms with Gasteiger partial charge in [-0.2, -0.15) is 0 Å². The minimum absolute atomic E-state index is 0.0267. The fourth-order valence-electron chi connectivity index (χ4n) is 6.87. The second-order valence-electron chi connectivity index (χ2n) is 9.44. The first kappa shape index (κ1) is 15.7. The third kappa shape index (κ3) is 2.76. The highest BCUT2D eigenvalue weighted by Crippen LogP contribution is 2.61. The van der Waals surface area contributed by atoms with E-state index < -0.39 is 0 Å². The maximum Gasteiger partial charge on any atom is 0.319 e. The van der Waals surface area contributed by atoms with E-state index in [1.165, 1.54) is 62.5 Å². The summed E-state index contributed by atoms with van der Waals surface area (Å²) in [5.41, 5.74) is 4.17. The molecule has 0 spiro atoms. The molecule has 5 aliphatic carbocycles. The van der Waals surface area contributed by atoms with Crippen LogP contribution in [0.25, 0.3) is 0 Å². The third-order valence-electron chi connectivity index (χ3n) is 7.71. The van der Waals surface area contributed by atoms with Gasteiger partial charge in [-0.3, -0.25) is 0 Å². The number of carbonyl (C=O) groups excluding carboxylic acids is 1. The van der Waals surface area contributed by atoms with Crippen LogP contribution in [0.1, 0.15) is 63.0 Å². The summed E-state index contributed by atoms with van der Waals surface area (Å²) in [5.74, 6) is 2.78. The highest BCUT2D eigenvalue weighted by molar-refractivity contribution is 5.89. The fraction of sp³-hybridized carbons (Fsp3) is 0.682. The van der Waals surface area contributed by atoms with Crippen molar-refractivity contribution in [1.29, 1.82) is 0 Å². The van der Waals surface area contributed by atoms with Gasteiger partial charge in [0, 0.05) is 11.7 Å². The van der Waals surface area contributed by atoms with Crippen LogP contribution in [-0.2, 0) is 12.8 Å². The summed E-state index contributed by atoms with van der Waals surface area (Å²) in [5, 5.41) is 6.39. The number of amides is 2. The molecule has 3 heteroatoms. The predicted octanol–water partition coefficient (Wildman–Crippen LogP) is 4.90.